The summed E-state index contributed by atoms with van der Waals surface area (Å²) in [5.74, 6) is 1.87. The number of benzene rings is 1. The summed E-state index contributed by atoms with van der Waals surface area (Å²) in [6, 6.07) is 1.68. The molecule has 6 nitrogen and oxygen atoms in total. The Morgan fingerprint density at radius 2 is 1.97 bits per heavy atom. The summed E-state index contributed by atoms with van der Waals surface area (Å²) in [5, 5.41) is 32.1. The van der Waals surface area contributed by atoms with Gasteiger partial charge in [-0.05, 0) is 49.0 Å². The molecule has 31 heavy (non-hydrogen) atoms. The van der Waals surface area contributed by atoms with Crippen LogP contribution in [0.2, 0.25) is 0 Å². The summed E-state index contributed by atoms with van der Waals surface area (Å²) in [6.45, 7) is 9.86. The summed E-state index contributed by atoms with van der Waals surface area (Å²) in [5.41, 5.74) is 1.24. The van der Waals surface area contributed by atoms with Crippen LogP contribution in [0, 0.1) is 22.7 Å². The van der Waals surface area contributed by atoms with Crippen molar-refractivity contribution in [1.82, 2.24) is 0 Å². The van der Waals surface area contributed by atoms with Gasteiger partial charge >= 0.3 is 0 Å². The van der Waals surface area contributed by atoms with Crippen LogP contribution >= 0.6 is 0 Å². The molecule has 0 radical (unpaired) electrons. The van der Waals surface area contributed by atoms with Crippen molar-refractivity contribution < 1.29 is 24.8 Å². The molecule has 0 aromatic heterocycles. The van der Waals surface area contributed by atoms with Gasteiger partial charge in [0.05, 0.1) is 19.3 Å². The van der Waals surface area contributed by atoms with Crippen molar-refractivity contribution in [1.29, 1.82) is 0 Å². The molecule has 0 amide bonds. The Morgan fingerprint density at radius 1 is 1.19 bits per heavy atom. The van der Waals surface area contributed by atoms with E-state index < -0.39 is 5.60 Å². The number of rotatable bonds is 2. The van der Waals surface area contributed by atoms with Gasteiger partial charge in [0.25, 0.3) is 0 Å². The van der Waals surface area contributed by atoms with Crippen molar-refractivity contribution >= 4 is 5.90 Å². The number of aromatic hydroxyl groups is 1. The number of phenolic OH excluding ortho intramolecular Hbond substituents is 1. The fraction of sp³-hybridized carbons (Fsp3) is 0.720. The second kappa shape index (κ2) is 6.85. The first kappa shape index (κ1) is 21.1. The molecule has 2 aliphatic carbocycles. The highest BCUT2D eigenvalue weighted by Crippen LogP contribution is 2.67. The van der Waals surface area contributed by atoms with Crippen LogP contribution in [0.15, 0.2) is 11.1 Å². The predicted octanol–water partition coefficient (Wildman–Crippen LogP) is 3.57. The van der Waals surface area contributed by atoms with Crippen molar-refractivity contribution in [3.05, 3.63) is 22.8 Å². The smallest absolute Gasteiger partial charge is 0.216 e. The number of hydrogen-bond donors (Lipinski definition) is 3. The lowest BCUT2D eigenvalue weighted by molar-refractivity contribution is -0.210. The first-order valence-electron chi connectivity index (χ1n) is 11.7. The van der Waals surface area contributed by atoms with Crippen LogP contribution in [0.25, 0.3) is 0 Å². The van der Waals surface area contributed by atoms with Gasteiger partial charge in [0.2, 0.25) is 5.90 Å². The largest absolute Gasteiger partial charge is 0.508 e. The number of hydrogen-bond acceptors (Lipinski definition) is 6. The molecule has 2 aliphatic heterocycles. The number of phenols is 1. The molecule has 6 heteroatoms. The third-order valence-electron chi connectivity index (χ3n) is 9.28. The Hall–Kier alpha value is -1.79. The average Bonchev–Trinajstić information content (AvgIpc) is 3.39. The minimum absolute atomic E-state index is 0.146. The zero-order chi connectivity index (χ0) is 22.2. The van der Waals surface area contributed by atoms with Gasteiger partial charge in [-0.15, -0.1) is 0 Å². The Kier molecular flexibility index (Phi) is 4.66. The summed E-state index contributed by atoms with van der Waals surface area (Å²) in [4.78, 5) is 4.40. The zero-order valence-corrected chi connectivity index (χ0v) is 19.1. The molecule has 5 unspecified atom stereocenters. The normalized spacial score (nSPS) is 38.3. The number of fused-ring (bicyclic) bond motifs is 3. The van der Waals surface area contributed by atoms with E-state index in [1.807, 2.05) is 0 Å². The molecule has 1 aromatic rings. The summed E-state index contributed by atoms with van der Waals surface area (Å²) in [7, 11) is 0. The Labute approximate surface area is 184 Å². The Bertz CT molecular complexity index is 940. The van der Waals surface area contributed by atoms with Crippen molar-refractivity contribution in [2.75, 3.05) is 13.2 Å². The molecule has 0 saturated heterocycles. The molecule has 5 atom stereocenters. The van der Waals surface area contributed by atoms with Gasteiger partial charge in [-0.2, -0.15) is 0 Å². The molecule has 170 valence electrons. The Morgan fingerprint density at radius 3 is 2.65 bits per heavy atom. The third kappa shape index (κ3) is 2.67. The van der Waals surface area contributed by atoms with Crippen LogP contribution in [0.4, 0.5) is 0 Å². The molecule has 0 bridgehead atoms. The maximum absolute atomic E-state index is 11.0. The van der Waals surface area contributed by atoms with Crippen molar-refractivity contribution in [3.8, 4) is 11.5 Å². The monoisotopic (exact) mass is 429 g/mol. The first-order valence-corrected chi connectivity index (χ1v) is 11.7. The van der Waals surface area contributed by atoms with Crippen LogP contribution in [0.3, 0.4) is 0 Å². The lowest BCUT2D eigenvalue weighted by atomic mass is 9.43. The molecule has 1 spiro atoms. The average molecular weight is 430 g/mol. The van der Waals surface area contributed by atoms with Gasteiger partial charge in [-0.1, -0.05) is 27.7 Å². The van der Waals surface area contributed by atoms with Gasteiger partial charge < -0.3 is 24.8 Å². The SMILES string of the molecule is CC1CCC2C(C)(C)C(O)CCC2(C)C12Cc1c(O)cc(C3=NCCO3)c(CO)c1O2. The van der Waals surface area contributed by atoms with Crippen molar-refractivity contribution in [3.63, 3.8) is 0 Å². The molecule has 2 fully saturated rings. The van der Waals surface area contributed by atoms with E-state index >= 15 is 0 Å². The first-order chi connectivity index (χ1) is 14.7. The van der Waals surface area contributed by atoms with Crippen LogP contribution in [0.1, 0.15) is 70.1 Å². The van der Waals surface area contributed by atoms with E-state index in [0.717, 1.165) is 31.2 Å². The molecular weight excluding hydrogens is 394 g/mol. The van der Waals surface area contributed by atoms with E-state index in [4.69, 9.17) is 9.47 Å². The van der Waals surface area contributed by atoms with E-state index in [0.29, 0.717) is 54.2 Å². The molecule has 5 rings (SSSR count). The molecule has 1 aromatic carbocycles. The fourth-order valence-electron chi connectivity index (χ4n) is 7.39. The van der Waals surface area contributed by atoms with Crippen LogP contribution in [-0.2, 0) is 17.8 Å². The zero-order valence-electron chi connectivity index (χ0n) is 19.1. The van der Waals surface area contributed by atoms with Gasteiger partial charge in [-0.3, -0.25) is 0 Å². The maximum Gasteiger partial charge on any atom is 0.216 e. The third-order valence-corrected chi connectivity index (χ3v) is 9.28. The number of aliphatic imine (C=N–C) groups is 1. The topological polar surface area (TPSA) is 91.5 Å². The Balaban J connectivity index is 1.64. The maximum atomic E-state index is 11.0. The second-order valence-electron chi connectivity index (χ2n) is 10.9. The molecule has 3 N–H and O–H groups in total. The summed E-state index contributed by atoms with van der Waals surface area (Å²) < 4.78 is 12.6. The van der Waals surface area contributed by atoms with E-state index in [-0.39, 0.29) is 29.3 Å². The van der Waals surface area contributed by atoms with Gasteiger partial charge in [0.1, 0.15) is 23.7 Å². The van der Waals surface area contributed by atoms with Crippen molar-refractivity contribution in [2.45, 2.75) is 78.1 Å². The molecule has 4 aliphatic rings. The number of aliphatic hydroxyl groups is 2. The summed E-state index contributed by atoms with van der Waals surface area (Å²) >= 11 is 0. The fourth-order valence-corrected chi connectivity index (χ4v) is 7.39. The van der Waals surface area contributed by atoms with E-state index in [1.165, 1.54) is 0 Å². The van der Waals surface area contributed by atoms with Gasteiger partial charge in [-0.25, -0.2) is 4.99 Å². The van der Waals surface area contributed by atoms with Crippen molar-refractivity contribution in [2.24, 2.45) is 27.7 Å². The second-order valence-corrected chi connectivity index (χ2v) is 10.9. The van der Waals surface area contributed by atoms with Crippen LogP contribution in [-0.4, -0.2) is 46.1 Å². The molecular formula is C25H35NO5. The minimum atomic E-state index is -0.478. The molecule has 2 heterocycles. The predicted molar refractivity (Wildman–Crippen MR) is 117 cm³/mol. The quantitative estimate of drug-likeness (QED) is 0.669. The lowest BCUT2D eigenvalue weighted by Crippen LogP contribution is -2.66. The van der Waals surface area contributed by atoms with Gasteiger partial charge in [0.15, 0.2) is 0 Å². The minimum Gasteiger partial charge on any atom is -0.508 e. The molecule has 2 saturated carbocycles. The highest BCUT2D eigenvalue weighted by molar-refractivity contribution is 5.98. The standard InChI is InChI=1S/C25H35NO5/c1-14-5-6-19-23(2,3)20(29)7-8-24(19,4)25(14)12-16-18(28)11-15(22-26-9-10-30-22)17(13-27)21(16)31-25/h11,14,19-20,27-29H,5-10,12-13H2,1-4H3. The van der Waals surface area contributed by atoms with E-state index in [9.17, 15) is 15.3 Å². The number of nitrogens with zero attached hydrogens (tertiary/aromatic N) is 1. The highest BCUT2D eigenvalue weighted by Gasteiger charge is 2.67. The lowest BCUT2D eigenvalue weighted by Gasteiger charge is -2.64. The van der Waals surface area contributed by atoms with Crippen LogP contribution in [0.5, 0.6) is 11.5 Å². The summed E-state index contributed by atoms with van der Waals surface area (Å²) in [6.07, 6.45) is 4.03. The number of ether oxygens (including phenoxy) is 2. The van der Waals surface area contributed by atoms with E-state index in [1.54, 1.807) is 6.07 Å². The highest BCUT2D eigenvalue weighted by atomic mass is 16.5. The van der Waals surface area contributed by atoms with Gasteiger partial charge in [0, 0.05) is 28.5 Å². The van der Waals surface area contributed by atoms with E-state index in [2.05, 4.69) is 32.7 Å². The number of aliphatic hydroxyl groups excluding tert-OH is 2. The van der Waals surface area contributed by atoms with Crippen LogP contribution < -0.4 is 4.74 Å².